The summed E-state index contributed by atoms with van der Waals surface area (Å²) in [5.74, 6) is -1.07. The summed E-state index contributed by atoms with van der Waals surface area (Å²) < 4.78 is 33.5. The number of ether oxygens (including phenoxy) is 2. The first kappa shape index (κ1) is 38.0. The average molecular weight is 587 g/mol. The van der Waals surface area contributed by atoms with Crippen LogP contribution in [-0.4, -0.2) is 74.9 Å². The Hall–Kier alpha value is -2.03. The predicted molar refractivity (Wildman–Crippen MR) is 160 cm³/mol. The number of carbonyl (C=O) groups excluding carboxylic acids is 2. The van der Waals surface area contributed by atoms with Crippen LogP contribution in [0.15, 0.2) is 48.6 Å². The van der Waals surface area contributed by atoms with Crippen molar-refractivity contribution in [3.05, 3.63) is 48.6 Å². The van der Waals surface area contributed by atoms with E-state index in [9.17, 15) is 19.0 Å². The van der Waals surface area contributed by atoms with Crippen molar-refractivity contribution in [2.45, 2.75) is 84.2 Å². The molecule has 0 aliphatic carbocycles. The molecule has 0 radical (unpaired) electrons. The van der Waals surface area contributed by atoms with Crippen LogP contribution < -0.4 is 0 Å². The Morgan fingerprint density at radius 3 is 1.82 bits per heavy atom. The highest BCUT2D eigenvalue weighted by molar-refractivity contribution is 7.47. The molecule has 40 heavy (non-hydrogen) atoms. The normalized spacial score (nSPS) is 14.8. The van der Waals surface area contributed by atoms with Gasteiger partial charge in [0.05, 0.1) is 40.6 Å². The zero-order valence-corrected chi connectivity index (χ0v) is 26.2. The Balaban J connectivity index is 4.81. The van der Waals surface area contributed by atoms with E-state index in [1.54, 1.807) is 12.2 Å². The minimum atomic E-state index is -4.38. The van der Waals surface area contributed by atoms with Gasteiger partial charge in [-0.3, -0.25) is 18.6 Å². The van der Waals surface area contributed by atoms with Gasteiger partial charge in [-0.05, 0) is 25.7 Å². The number of carbonyl (C=O) groups is 2. The number of hydrogen-bond acceptors (Lipinski definition) is 7. The number of likely N-dealkylation sites (N-methyl/N-ethyl adjacent to an activating group) is 1. The standard InChI is InChI=1S/C30H52NO8P/c1-6-8-10-12-14-16-18-20-22-29(32)36-26-28(27-38-40(34,35)37-25-24-31(3,4)5)39-30(33)23-21-19-17-15-13-11-9-7-2/h12-15,18-21,28H,6-11,16-17,22-27H2,1-5H3/p+1/t28-/m1/s1. The number of allylic oxidation sites excluding steroid dienone is 6. The summed E-state index contributed by atoms with van der Waals surface area (Å²) in [4.78, 5) is 34.5. The van der Waals surface area contributed by atoms with Crippen LogP contribution in [0.3, 0.4) is 0 Å². The number of phosphoric acid groups is 1. The number of nitrogens with zero attached hydrogens (tertiary/aromatic N) is 1. The van der Waals surface area contributed by atoms with Gasteiger partial charge in [0.25, 0.3) is 0 Å². The van der Waals surface area contributed by atoms with Gasteiger partial charge in [-0.15, -0.1) is 0 Å². The number of hydrogen-bond donors (Lipinski definition) is 1. The number of unbranched alkanes of at least 4 members (excludes halogenated alkanes) is 4. The lowest BCUT2D eigenvalue weighted by Crippen LogP contribution is -2.37. The first-order valence-corrected chi connectivity index (χ1v) is 15.9. The molecule has 0 bridgehead atoms. The third-order valence-electron chi connectivity index (χ3n) is 5.40. The lowest BCUT2D eigenvalue weighted by molar-refractivity contribution is -0.870. The molecule has 230 valence electrons. The van der Waals surface area contributed by atoms with Gasteiger partial charge in [-0.2, -0.15) is 0 Å². The quantitative estimate of drug-likeness (QED) is 0.0452. The summed E-state index contributed by atoms with van der Waals surface area (Å²) in [7, 11) is 1.39. The SMILES string of the molecule is CCCCC=CCC=CCC(=O)OC[C@H](COP(=O)(O)OCC[N+](C)(C)C)OC(=O)CC=CCC=CCCCC. The van der Waals surface area contributed by atoms with Crippen LogP contribution in [0.4, 0.5) is 0 Å². The van der Waals surface area contributed by atoms with Crippen molar-refractivity contribution in [2.24, 2.45) is 0 Å². The van der Waals surface area contributed by atoms with E-state index < -0.39 is 32.5 Å². The lowest BCUT2D eigenvalue weighted by atomic mass is 10.2. The Labute approximate surface area is 242 Å². The van der Waals surface area contributed by atoms with Crippen molar-refractivity contribution in [1.29, 1.82) is 0 Å². The summed E-state index contributed by atoms with van der Waals surface area (Å²) in [5.41, 5.74) is 0. The molecule has 0 aromatic rings. The van der Waals surface area contributed by atoms with Gasteiger partial charge in [-0.25, -0.2) is 4.57 Å². The Bertz CT molecular complexity index is 845. The molecule has 9 nitrogen and oxygen atoms in total. The first-order chi connectivity index (χ1) is 19.0. The maximum atomic E-state index is 12.3. The molecule has 0 fully saturated rings. The number of phosphoric ester groups is 1. The topological polar surface area (TPSA) is 108 Å². The number of esters is 2. The molecule has 2 atom stereocenters. The Morgan fingerprint density at radius 2 is 1.30 bits per heavy atom. The second kappa shape index (κ2) is 23.7. The smallest absolute Gasteiger partial charge is 0.461 e. The average Bonchev–Trinajstić information content (AvgIpc) is 2.88. The largest absolute Gasteiger partial charge is 0.472 e. The molecule has 0 rings (SSSR count). The zero-order chi connectivity index (χ0) is 30.1. The molecule has 0 saturated heterocycles. The van der Waals surface area contributed by atoms with Gasteiger partial charge in [0.15, 0.2) is 6.10 Å². The van der Waals surface area contributed by atoms with E-state index >= 15 is 0 Å². The summed E-state index contributed by atoms with van der Waals surface area (Å²) >= 11 is 0. The van der Waals surface area contributed by atoms with E-state index in [-0.39, 0.29) is 26.1 Å². The van der Waals surface area contributed by atoms with E-state index in [0.717, 1.165) is 44.9 Å². The van der Waals surface area contributed by atoms with Gasteiger partial charge in [0.2, 0.25) is 0 Å². The minimum absolute atomic E-state index is 0.00846. The highest BCUT2D eigenvalue weighted by Gasteiger charge is 2.26. The Morgan fingerprint density at radius 1 is 0.775 bits per heavy atom. The molecule has 1 N–H and O–H groups in total. The second-order valence-corrected chi connectivity index (χ2v) is 11.9. The van der Waals surface area contributed by atoms with Crippen molar-refractivity contribution >= 4 is 19.8 Å². The maximum Gasteiger partial charge on any atom is 0.472 e. The summed E-state index contributed by atoms with van der Waals surface area (Å²) in [6.07, 6.45) is 22.6. The van der Waals surface area contributed by atoms with E-state index in [1.165, 1.54) is 0 Å². The van der Waals surface area contributed by atoms with Gasteiger partial charge in [0.1, 0.15) is 19.8 Å². The third kappa shape index (κ3) is 26.2. The van der Waals surface area contributed by atoms with Gasteiger partial charge < -0.3 is 18.9 Å². The van der Waals surface area contributed by atoms with Crippen LogP contribution in [0, 0.1) is 0 Å². The van der Waals surface area contributed by atoms with E-state index in [1.807, 2.05) is 39.4 Å². The summed E-state index contributed by atoms with van der Waals surface area (Å²) in [6, 6.07) is 0. The van der Waals surface area contributed by atoms with Crippen LogP contribution in [0.1, 0.15) is 78.1 Å². The van der Waals surface area contributed by atoms with Crippen LogP contribution in [-0.2, 0) is 32.7 Å². The van der Waals surface area contributed by atoms with Crippen molar-refractivity contribution in [2.75, 3.05) is 47.5 Å². The third-order valence-corrected chi connectivity index (χ3v) is 6.38. The number of quaternary nitrogens is 1. The van der Waals surface area contributed by atoms with E-state index in [2.05, 4.69) is 32.1 Å². The molecular weight excluding hydrogens is 533 g/mol. The molecule has 0 aromatic heterocycles. The lowest BCUT2D eigenvalue weighted by Gasteiger charge is -2.24. The minimum Gasteiger partial charge on any atom is -0.461 e. The molecule has 0 spiro atoms. The molecule has 10 heteroatoms. The van der Waals surface area contributed by atoms with Crippen molar-refractivity contribution < 1.29 is 42.1 Å². The van der Waals surface area contributed by atoms with Gasteiger partial charge in [-0.1, -0.05) is 88.1 Å². The first-order valence-electron chi connectivity index (χ1n) is 14.4. The number of rotatable bonds is 24. The maximum absolute atomic E-state index is 12.3. The van der Waals surface area contributed by atoms with Crippen LogP contribution >= 0.6 is 7.82 Å². The fraction of sp³-hybridized carbons (Fsp3) is 0.667. The van der Waals surface area contributed by atoms with E-state index in [4.69, 9.17) is 18.5 Å². The molecule has 0 aliphatic rings. The van der Waals surface area contributed by atoms with E-state index in [0.29, 0.717) is 17.4 Å². The fourth-order valence-corrected chi connectivity index (χ4v) is 3.76. The van der Waals surface area contributed by atoms with Crippen molar-refractivity contribution in [1.82, 2.24) is 0 Å². The fourth-order valence-electron chi connectivity index (χ4n) is 3.02. The molecule has 0 saturated carbocycles. The van der Waals surface area contributed by atoms with Crippen LogP contribution in [0.5, 0.6) is 0 Å². The summed E-state index contributed by atoms with van der Waals surface area (Å²) in [5, 5.41) is 0. The van der Waals surface area contributed by atoms with Gasteiger partial charge in [0, 0.05) is 0 Å². The summed E-state index contributed by atoms with van der Waals surface area (Å²) in [6.45, 7) is 4.02. The molecule has 0 aliphatic heterocycles. The molecule has 0 amide bonds. The van der Waals surface area contributed by atoms with Gasteiger partial charge >= 0.3 is 19.8 Å². The molecular formula is C30H53NO8P+. The van der Waals surface area contributed by atoms with Crippen LogP contribution in [0.25, 0.3) is 0 Å². The molecule has 1 unspecified atom stereocenters. The van der Waals surface area contributed by atoms with Crippen molar-refractivity contribution in [3.8, 4) is 0 Å². The highest BCUT2D eigenvalue weighted by Crippen LogP contribution is 2.43. The predicted octanol–water partition coefficient (Wildman–Crippen LogP) is 6.45. The monoisotopic (exact) mass is 586 g/mol. The Kier molecular flexibility index (Phi) is 22.5. The zero-order valence-electron chi connectivity index (χ0n) is 25.3. The molecule has 0 heterocycles. The second-order valence-electron chi connectivity index (χ2n) is 10.5. The van der Waals surface area contributed by atoms with Crippen LogP contribution in [0.2, 0.25) is 0 Å². The van der Waals surface area contributed by atoms with Crippen molar-refractivity contribution in [3.63, 3.8) is 0 Å². The molecule has 0 aromatic carbocycles. The highest BCUT2D eigenvalue weighted by atomic mass is 31.2.